The summed E-state index contributed by atoms with van der Waals surface area (Å²) in [6.07, 6.45) is 7.35. The Bertz CT molecular complexity index is 1130. The molecule has 1 aliphatic carbocycles. The Morgan fingerprint density at radius 1 is 1.03 bits per heavy atom. The summed E-state index contributed by atoms with van der Waals surface area (Å²) in [5.74, 6) is 1.44. The fourth-order valence-electron chi connectivity index (χ4n) is 4.25. The van der Waals surface area contributed by atoms with Crippen LogP contribution in [0.1, 0.15) is 54.6 Å². The van der Waals surface area contributed by atoms with Gasteiger partial charge in [-0.25, -0.2) is 0 Å². The minimum atomic E-state index is -0.382. The monoisotopic (exact) mass is 385 g/mol. The van der Waals surface area contributed by atoms with E-state index in [9.17, 15) is 4.79 Å². The van der Waals surface area contributed by atoms with Crippen LogP contribution in [0, 0.1) is 0 Å². The molecule has 0 unspecified atom stereocenters. The lowest BCUT2D eigenvalue weighted by Crippen LogP contribution is -2.40. The van der Waals surface area contributed by atoms with Gasteiger partial charge in [0.15, 0.2) is 11.5 Å². The van der Waals surface area contributed by atoms with E-state index in [2.05, 4.69) is 49.4 Å². The third-order valence-electron chi connectivity index (χ3n) is 6.25. The zero-order chi connectivity index (χ0) is 20.0. The molecule has 2 aromatic carbocycles. The van der Waals surface area contributed by atoms with Gasteiger partial charge in [-0.1, -0.05) is 43.3 Å². The van der Waals surface area contributed by atoms with Crippen molar-refractivity contribution < 1.29 is 14.1 Å². The molecule has 0 fully saturated rings. The number of aromatic nitrogens is 1. The first kappa shape index (κ1) is 17.9. The number of rotatable bonds is 4. The number of allylic oxidation sites excluding steroid dienone is 1. The van der Waals surface area contributed by atoms with Crippen LogP contribution in [0.4, 0.5) is 0 Å². The van der Waals surface area contributed by atoms with Crippen LogP contribution >= 0.6 is 0 Å². The molecule has 0 bridgehead atoms. The molecule has 0 radical (unpaired) electrons. The maximum absolute atomic E-state index is 12.8. The van der Waals surface area contributed by atoms with Gasteiger partial charge in [0.25, 0.3) is 0 Å². The van der Waals surface area contributed by atoms with Crippen LogP contribution in [0.15, 0.2) is 53.1 Å². The quantitative estimate of drug-likeness (QED) is 0.544. The van der Waals surface area contributed by atoms with Crippen molar-refractivity contribution in [1.29, 1.82) is 0 Å². The smallest absolute Gasteiger partial charge is 0.170 e. The number of carbonyl (C=O) groups is 1. The number of hydrogen-bond acceptors (Lipinski definition) is 4. The van der Waals surface area contributed by atoms with Crippen molar-refractivity contribution in [2.75, 3.05) is 0 Å². The van der Waals surface area contributed by atoms with Gasteiger partial charge in [0.2, 0.25) is 0 Å². The molecular formula is C25H23NO3. The van der Waals surface area contributed by atoms with Crippen LogP contribution in [0.25, 0.3) is 28.7 Å². The molecule has 0 amide bonds. The average molecular weight is 385 g/mol. The number of hydrogen-bond donors (Lipinski definition) is 0. The lowest BCUT2D eigenvalue weighted by Gasteiger charge is -2.36. The zero-order valence-corrected chi connectivity index (χ0v) is 16.7. The van der Waals surface area contributed by atoms with Crippen LogP contribution in [0.2, 0.25) is 0 Å². The maximum atomic E-state index is 12.8. The van der Waals surface area contributed by atoms with Gasteiger partial charge in [0.1, 0.15) is 17.0 Å². The number of fused-ring (bicyclic) bond motifs is 2. The SMILES string of the molecule is CCC1(CC)CC(=O)c2cc(-c3cc(-c4ccc5c(c4)C=CC5)no3)ccc2O1. The molecule has 3 aromatic rings. The molecule has 4 heteroatoms. The third kappa shape index (κ3) is 3.00. The van der Waals surface area contributed by atoms with Crippen molar-refractivity contribution in [3.63, 3.8) is 0 Å². The number of nitrogens with zero attached hydrogens (tertiary/aromatic N) is 1. The second kappa shape index (κ2) is 6.73. The number of Topliss-reactive ketones (excluding diaryl/α,β-unsaturated/α-hetero) is 1. The summed E-state index contributed by atoms with van der Waals surface area (Å²) in [4.78, 5) is 12.8. The van der Waals surface area contributed by atoms with Crippen LogP contribution in [0.3, 0.4) is 0 Å². The first-order valence-corrected chi connectivity index (χ1v) is 10.2. The number of benzene rings is 2. The van der Waals surface area contributed by atoms with E-state index in [1.54, 1.807) is 0 Å². The van der Waals surface area contributed by atoms with Gasteiger partial charge in [0.05, 0.1) is 12.0 Å². The Balaban J connectivity index is 1.47. The molecule has 0 saturated heterocycles. The standard InChI is InChI=1S/C25H23NO3/c1-3-25(4-2)15-22(27)20-13-19(10-11-23(20)28-25)24-14-21(26-29-24)18-9-8-16-6-5-7-17(16)12-18/h5,7-14H,3-4,6,15H2,1-2H3. The summed E-state index contributed by atoms with van der Waals surface area (Å²) in [5.41, 5.74) is 5.46. The first-order valence-electron chi connectivity index (χ1n) is 10.2. The highest BCUT2D eigenvalue weighted by Crippen LogP contribution is 2.39. The predicted octanol–water partition coefficient (Wildman–Crippen LogP) is 6.10. The van der Waals surface area contributed by atoms with E-state index < -0.39 is 0 Å². The van der Waals surface area contributed by atoms with E-state index in [0.29, 0.717) is 23.5 Å². The number of ether oxygens (including phenoxy) is 1. The Kier molecular flexibility index (Phi) is 4.16. The Labute approximate surface area is 170 Å². The highest BCUT2D eigenvalue weighted by atomic mass is 16.5. The second-order valence-corrected chi connectivity index (χ2v) is 7.90. The van der Waals surface area contributed by atoms with Crippen LogP contribution in [-0.2, 0) is 6.42 Å². The molecule has 1 aromatic heterocycles. The summed E-state index contributed by atoms with van der Waals surface area (Å²) in [6.45, 7) is 4.14. The molecule has 146 valence electrons. The molecule has 0 spiro atoms. The van der Waals surface area contributed by atoms with E-state index in [1.165, 1.54) is 11.1 Å². The van der Waals surface area contributed by atoms with Crippen molar-refractivity contribution in [3.8, 4) is 28.3 Å². The molecular weight excluding hydrogens is 362 g/mol. The van der Waals surface area contributed by atoms with Crippen molar-refractivity contribution in [2.24, 2.45) is 0 Å². The molecule has 2 heterocycles. The average Bonchev–Trinajstić information content (AvgIpc) is 3.42. The van der Waals surface area contributed by atoms with E-state index in [-0.39, 0.29) is 11.4 Å². The Morgan fingerprint density at radius 3 is 2.69 bits per heavy atom. The summed E-state index contributed by atoms with van der Waals surface area (Å²) in [7, 11) is 0. The normalized spacial score (nSPS) is 16.4. The molecule has 2 aliphatic rings. The topological polar surface area (TPSA) is 52.3 Å². The molecule has 0 atom stereocenters. The van der Waals surface area contributed by atoms with Crippen LogP contribution in [0.5, 0.6) is 5.75 Å². The van der Waals surface area contributed by atoms with Crippen molar-refractivity contribution in [1.82, 2.24) is 5.16 Å². The third-order valence-corrected chi connectivity index (χ3v) is 6.25. The van der Waals surface area contributed by atoms with Gasteiger partial charge in [-0.3, -0.25) is 4.79 Å². The number of ketones is 1. The molecule has 4 nitrogen and oxygen atoms in total. The Hall–Kier alpha value is -3.14. The molecule has 0 saturated carbocycles. The van der Waals surface area contributed by atoms with Gasteiger partial charge < -0.3 is 9.26 Å². The summed E-state index contributed by atoms with van der Waals surface area (Å²) >= 11 is 0. The minimum Gasteiger partial charge on any atom is -0.486 e. The Morgan fingerprint density at radius 2 is 1.86 bits per heavy atom. The van der Waals surface area contributed by atoms with E-state index in [4.69, 9.17) is 9.26 Å². The predicted molar refractivity (Wildman–Crippen MR) is 113 cm³/mol. The fraction of sp³-hybridized carbons (Fsp3) is 0.280. The molecule has 5 rings (SSSR count). The van der Waals surface area contributed by atoms with Crippen molar-refractivity contribution in [2.45, 2.75) is 45.1 Å². The summed E-state index contributed by atoms with van der Waals surface area (Å²) in [5, 5.41) is 4.25. The van der Waals surface area contributed by atoms with Gasteiger partial charge in [0, 0.05) is 17.2 Å². The van der Waals surface area contributed by atoms with Gasteiger partial charge in [-0.15, -0.1) is 0 Å². The summed E-state index contributed by atoms with van der Waals surface area (Å²) < 4.78 is 11.8. The first-order chi connectivity index (χ1) is 14.1. The maximum Gasteiger partial charge on any atom is 0.170 e. The molecule has 1 aliphatic heterocycles. The number of carbonyl (C=O) groups excluding carboxylic acids is 1. The van der Waals surface area contributed by atoms with E-state index in [1.807, 2.05) is 24.3 Å². The molecule has 29 heavy (non-hydrogen) atoms. The summed E-state index contributed by atoms with van der Waals surface area (Å²) in [6, 6.07) is 14.0. The van der Waals surface area contributed by atoms with Gasteiger partial charge >= 0.3 is 0 Å². The van der Waals surface area contributed by atoms with Crippen molar-refractivity contribution in [3.05, 3.63) is 65.2 Å². The van der Waals surface area contributed by atoms with Crippen LogP contribution < -0.4 is 4.74 Å². The van der Waals surface area contributed by atoms with E-state index >= 15 is 0 Å². The highest BCUT2D eigenvalue weighted by Gasteiger charge is 2.37. The molecule has 0 N–H and O–H groups in total. The minimum absolute atomic E-state index is 0.127. The van der Waals surface area contributed by atoms with Gasteiger partial charge in [-0.05, 0) is 54.7 Å². The lowest BCUT2D eigenvalue weighted by molar-refractivity contribution is 0.0350. The van der Waals surface area contributed by atoms with Crippen molar-refractivity contribution >= 4 is 11.9 Å². The fourth-order valence-corrected chi connectivity index (χ4v) is 4.25. The lowest BCUT2D eigenvalue weighted by atomic mass is 9.85. The highest BCUT2D eigenvalue weighted by molar-refractivity contribution is 6.01. The second-order valence-electron chi connectivity index (χ2n) is 7.90. The van der Waals surface area contributed by atoms with E-state index in [0.717, 1.165) is 36.1 Å². The van der Waals surface area contributed by atoms with Crippen LogP contribution in [-0.4, -0.2) is 16.5 Å². The zero-order valence-electron chi connectivity index (χ0n) is 16.7. The largest absolute Gasteiger partial charge is 0.486 e. The van der Waals surface area contributed by atoms with Gasteiger partial charge in [-0.2, -0.15) is 0 Å².